The Kier molecular flexibility index (Phi) is 3.56. The van der Waals surface area contributed by atoms with E-state index in [9.17, 15) is 14.7 Å². The van der Waals surface area contributed by atoms with Gasteiger partial charge in [-0.05, 0) is 24.1 Å². The van der Waals surface area contributed by atoms with Crippen LogP contribution in [0, 0.1) is 5.92 Å². The highest BCUT2D eigenvalue weighted by Gasteiger charge is 2.31. The number of alkyl halides is 1. The van der Waals surface area contributed by atoms with Crippen molar-refractivity contribution in [2.45, 2.75) is 6.42 Å². The van der Waals surface area contributed by atoms with Gasteiger partial charge in [0.25, 0.3) is 0 Å². The Morgan fingerprint density at radius 2 is 2.22 bits per heavy atom. The molecule has 0 saturated carbocycles. The second kappa shape index (κ2) is 4.97. The van der Waals surface area contributed by atoms with Crippen LogP contribution in [0.25, 0.3) is 0 Å². The van der Waals surface area contributed by atoms with Crippen LogP contribution in [0.3, 0.4) is 0 Å². The Labute approximate surface area is 112 Å². The van der Waals surface area contributed by atoms with E-state index in [0.29, 0.717) is 18.3 Å². The molecule has 0 aromatic heterocycles. The molecule has 0 spiro atoms. The molecule has 1 fully saturated rings. The third kappa shape index (κ3) is 2.33. The molecule has 1 atom stereocenters. The second-order valence-electron chi connectivity index (χ2n) is 4.24. The van der Waals surface area contributed by atoms with E-state index < -0.39 is 5.97 Å². The monoisotopic (exact) mass is 313 g/mol. The molecule has 2 rings (SSSR count). The number of aromatic hydroxyl groups is 1. The summed E-state index contributed by atoms with van der Waals surface area (Å²) < 4.78 is 0. The average Bonchev–Trinajstić information content (AvgIpc) is 2.71. The van der Waals surface area contributed by atoms with Gasteiger partial charge in [-0.15, -0.1) is 0 Å². The minimum Gasteiger partial charge on any atom is -0.506 e. The number of halogens is 1. The minimum atomic E-state index is -1.08. The summed E-state index contributed by atoms with van der Waals surface area (Å²) >= 11 is 3.32. The first-order valence-corrected chi connectivity index (χ1v) is 6.57. The number of amides is 1. The quantitative estimate of drug-likeness (QED) is 0.835. The molecule has 0 bridgehead atoms. The second-order valence-corrected chi connectivity index (χ2v) is 4.88. The lowest BCUT2D eigenvalue weighted by Gasteiger charge is -2.18. The smallest absolute Gasteiger partial charge is 0.335 e. The summed E-state index contributed by atoms with van der Waals surface area (Å²) in [6, 6.07) is 3.93. The van der Waals surface area contributed by atoms with Crippen molar-refractivity contribution in [1.29, 1.82) is 0 Å². The molecule has 1 aromatic carbocycles. The molecule has 18 heavy (non-hydrogen) atoms. The van der Waals surface area contributed by atoms with Crippen LogP contribution in [-0.2, 0) is 4.79 Å². The maximum Gasteiger partial charge on any atom is 0.335 e. The van der Waals surface area contributed by atoms with Gasteiger partial charge in [0.15, 0.2) is 0 Å². The number of nitrogens with zero attached hydrogens (tertiary/aromatic N) is 1. The van der Waals surface area contributed by atoms with Gasteiger partial charge >= 0.3 is 5.97 Å². The molecule has 1 saturated heterocycles. The van der Waals surface area contributed by atoms with Crippen molar-refractivity contribution in [1.82, 2.24) is 0 Å². The highest BCUT2D eigenvalue weighted by atomic mass is 79.9. The number of rotatable bonds is 3. The highest BCUT2D eigenvalue weighted by Crippen LogP contribution is 2.33. The first-order chi connectivity index (χ1) is 8.52. The number of carbonyl (C=O) groups is 2. The first-order valence-electron chi connectivity index (χ1n) is 5.45. The lowest BCUT2D eigenvalue weighted by molar-refractivity contribution is -0.117. The van der Waals surface area contributed by atoms with Gasteiger partial charge in [0.1, 0.15) is 5.75 Å². The van der Waals surface area contributed by atoms with E-state index in [1.165, 1.54) is 23.1 Å². The lowest BCUT2D eigenvalue weighted by atomic mass is 10.1. The molecule has 0 aliphatic carbocycles. The van der Waals surface area contributed by atoms with Crippen LogP contribution in [-0.4, -0.2) is 34.0 Å². The van der Waals surface area contributed by atoms with Crippen LogP contribution in [0.4, 0.5) is 5.69 Å². The summed E-state index contributed by atoms with van der Waals surface area (Å²) in [6.07, 6.45) is 0.405. The van der Waals surface area contributed by atoms with Gasteiger partial charge in [-0.25, -0.2) is 4.79 Å². The number of carboxylic acid groups (broad SMARTS) is 1. The number of anilines is 1. The Balaban J connectivity index is 2.35. The van der Waals surface area contributed by atoms with Crippen LogP contribution in [0.5, 0.6) is 5.75 Å². The predicted molar refractivity (Wildman–Crippen MR) is 69.3 cm³/mol. The number of hydrogen-bond acceptors (Lipinski definition) is 3. The third-order valence-electron chi connectivity index (χ3n) is 2.94. The SMILES string of the molecule is O=C(O)c1ccc(O)c(N2CC(CBr)CC2=O)c1. The molecule has 1 aromatic rings. The van der Waals surface area contributed by atoms with Crippen molar-refractivity contribution in [3.8, 4) is 5.75 Å². The number of phenolic OH excluding ortho intramolecular Hbond substituents is 1. The number of aromatic carboxylic acids is 1. The molecule has 1 unspecified atom stereocenters. The summed E-state index contributed by atoms with van der Waals surface area (Å²) in [5, 5.41) is 19.4. The summed E-state index contributed by atoms with van der Waals surface area (Å²) in [4.78, 5) is 24.2. The van der Waals surface area contributed by atoms with E-state index in [0.717, 1.165) is 0 Å². The zero-order chi connectivity index (χ0) is 13.3. The van der Waals surface area contributed by atoms with E-state index in [1.807, 2.05) is 0 Å². The normalized spacial score (nSPS) is 19.3. The number of carboxylic acids is 1. The Bertz CT molecular complexity index is 503. The zero-order valence-corrected chi connectivity index (χ0v) is 11.1. The number of carbonyl (C=O) groups excluding carboxylic acids is 1. The molecule has 1 aliphatic rings. The molecular formula is C12H12BrNO4. The van der Waals surface area contributed by atoms with Gasteiger partial charge in [-0.3, -0.25) is 4.79 Å². The van der Waals surface area contributed by atoms with Crippen LogP contribution < -0.4 is 4.90 Å². The summed E-state index contributed by atoms with van der Waals surface area (Å²) in [5.74, 6) is -1.08. The van der Waals surface area contributed by atoms with E-state index >= 15 is 0 Å². The van der Waals surface area contributed by atoms with Gasteiger partial charge in [0, 0.05) is 18.3 Å². The molecule has 1 heterocycles. The molecule has 0 radical (unpaired) electrons. The standard InChI is InChI=1S/C12H12BrNO4/c13-5-7-3-11(16)14(6-7)9-4-8(12(17)18)1-2-10(9)15/h1-2,4,7,15H,3,5-6H2,(H,17,18). The van der Waals surface area contributed by atoms with Crippen molar-refractivity contribution in [2.75, 3.05) is 16.8 Å². The molecule has 1 amide bonds. The van der Waals surface area contributed by atoms with E-state index in [4.69, 9.17) is 5.11 Å². The van der Waals surface area contributed by atoms with Crippen molar-refractivity contribution < 1.29 is 19.8 Å². The number of benzene rings is 1. The zero-order valence-electron chi connectivity index (χ0n) is 9.47. The number of phenols is 1. The summed E-state index contributed by atoms with van der Waals surface area (Å²) in [7, 11) is 0. The fourth-order valence-electron chi connectivity index (χ4n) is 1.99. The largest absolute Gasteiger partial charge is 0.506 e. The van der Waals surface area contributed by atoms with Crippen molar-refractivity contribution in [3.05, 3.63) is 23.8 Å². The Morgan fingerprint density at radius 1 is 1.50 bits per heavy atom. The number of hydrogen-bond donors (Lipinski definition) is 2. The third-order valence-corrected chi connectivity index (χ3v) is 3.85. The van der Waals surface area contributed by atoms with Gasteiger partial charge < -0.3 is 15.1 Å². The fourth-order valence-corrected chi connectivity index (χ4v) is 2.42. The molecular weight excluding hydrogens is 302 g/mol. The molecule has 2 N–H and O–H groups in total. The Morgan fingerprint density at radius 3 is 2.78 bits per heavy atom. The van der Waals surface area contributed by atoms with Crippen LogP contribution in [0.1, 0.15) is 16.8 Å². The van der Waals surface area contributed by atoms with E-state index in [1.54, 1.807) is 0 Å². The maximum atomic E-state index is 11.8. The van der Waals surface area contributed by atoms with Crippen molar-refractivity contribution in [3.63, 3.8) is 0 Å². The predicted octanol–water partition coefficient (Wildman–Crippen LogP) is 1.84. The minimum absolute atomic E-state index is 0.0536. The maximum absolute atomic E-state index is 11.8. The fraction of sp³-hybridized carbons (Fsp3) is 0.333. The van der Waals surface area contributed by atoms with Gasteiger partial charge in [-0.1, -0.05) is 15.9 Å². The molecule has 5 nitrogen and oxygen atoms in total. The van der Waals surface area contributed by atoms with E-state index in [2.05, 4.69) is 15.9 Å². The molecule has 6 heteroatoms. The van der Waals surface area contributed by atoms with Crippen LogP contribution in [0.15, 0.2) is 18.2 Å². The highest BCUT2D eigenvalue weighted by molar-refractivity contribution is 9.09. The topological polar surface area (TPSA) is 77.8 Å². The first kappa shape index (κ1) is 12.9. The lowest BCUT2D eigenvalue weighted by Crippen LogP contribution is -2.25. The van der Waals surface area contributed by atoms with Gasteiger partial charge in [0.2, 0.25) is 5.91 Å². The summed E-state index contributed by atoms with van der Waals surface area (Å²) in [6.45, 7) is 0.487. The van der Waals surface area contributed by atoms with Crippen molar-refractivity contribution >= 4 is 33.5 Å². The van der Waals surface area contributed by atoms with Gasteiger partial charge in [-0.2, -0.15) is 0 Å². The Hall–Kier alpha value is -1.56. The van der Waals surface area contributed by atoms with Crippen LogP contribution in [0.2, 0.25) is 0 Å². The summed E-state index contributed by atoms with van der Waals surface area (Å²) in [5.41, 5.74) is 0.321. The van der Waals surface area contributed by atoms with E-state index in [-0.39, 0.29) is 28.8 Å². The van der Waals surface area contributed by atoms with Crippen molar-refractivity contribution in [2.24, 2.45) is 5.92 Å². The molecule has 96 valence electrons. The molecule has 1 aliphatic heterocycles. The van der Waals surface area contributed by atoms with Gasteiger partial charge in [0.05, 0.1) is 11.3 Å². The average molecular weight is 314 g/mol. The van der Waals surface area contributed by atoms with Crippen LogP contribution >= 0.6 is 15.9 Å².